The number of hydrogen-bond acceptors (Lipinski definition) is 4. The van der Waals surface area contributed by atoms with Crippen LogP contribution >= 0.6 is 27.3 Å². The summed E-state index contributed by atoms with van der Waals surface area (Å²) in [4.78, 5) is 11.4. The molecule has 2 N–H and O–H groups in total. The van der Waals surface area contributed by atoms with E-state index in [0.717, 1.165) is 28.0 Å². The number of halogens is 1. The zero-order valence-electron chi connectivity index (χ0n) is 9.90. The van der Waals surface area contributed by atoms with E-state index in [1.165, 1.54) is 6.07 Å². The van der Waals surface area contributed by atoms with E-state index in [1.807, 2.05) is 6.92 Å². The van der Waals surface area contributed by atoms with Crippen molar-refractivity contribution in [3.05, 3.63) is 15.9 Å². The predicted molar refractivity (Wildman–Crippen MR) is 75.1 cm³/mol. The van der Waals surface area contributed by atoms with Gasteiger partial charge in [0.05, 0.1) is 10.3 Å². The van der Waals surface area contributed by atoms with E-state index in [-0.39, 0.29) is 16.7 Å². The van der Waals surface area contributed by atoms with Gasteiger partial charge >= 0.3 is 0 Å². The Bertz CT molecular complexity index is 499. The van der Waals surface area contributed by atoms with Crippen molar-refractivity contribution in [3.63, 3.8) is 0 Å². The topological polar surface area (TPSA) is 75.3 Å². The Hall–Kier alpha value is -0.440. The van der Waals surface area contributed by atoms with Crippen molar-refractivity contribution < 1.29 is 13.2 Å². The molecule has 0 saturated carbocycles. The molecule has 1 heterocycles. The van der Waals surface area contributed by atoms with Crippen LogP contribution in [0.2, 0.25) is 0 Å². The molecule has 0 aliphatic heterocycles. The van der Waals surface area contributed by atoms with Crippen LogP contribution in [0.15, 0.2) is 20.1 Å². The number of sulfonamides is 1. The summed E-state index contributed by atoms with van der Waals surface area (Å²) in [6.45, 7) is 2.35. The van der Waals surface area contributed by atoms with E-state index in [4.69, 9.17) is 0 Å². The van der Waals surface area contributed by atoms with Crippen molar-refractivity contribution in [1.82, 2.24) is 10.0 Å². The Balaban J connectivity index is 2.45. The molecule has 0 spiro atoms. The molecule has 0 bridgehead atoms. The zero-order chi connectivity index (χ0) is 13.6. The molecule has 0 radical (unpaired) electrons. The largest absolute Gasteiger partial charge is 0.355 e. The Morgan fingerprint density at radius 3 is 2.72 bits per heavy atom. The van der Waals surface area contributed by atoms with Crippen LogP contribution in [0, 0.1) is 0 Å². The van der Waals surface area contributed by atoms with Crippen molar-refractivity contribution in [2.75, 3.05) is 13.1 Å². The lowest BCUT2D eigenvalue weighted by Crippen LogP contribution is -2.37. The van der Waals surface area contributed by atoms with E-state index in [2.05, 4.69) is 26.0 Å². The molecule has 1 aromatic rings. The summed E-state index contributed by atoms with van der Waals surface area (Å²) in [5.41, 5.74) is 0. The fourth-order valence-electron chi connectivity index (χ4n) is 1.14. The average molecular weight is 355 g/mol. The van der Waals surface area contributed by atoms with Crippen molar-refractivity contribution in [2.45, 2.75) is 24.0 Å². The zero-order valence-corrected chi connectivity index (χ0v) is 13.1. The first kappa shape index (κ1) is 15.6. The van der Waals surface area contributed by atoms with Crippen molar-refractivity contribution >= 4 is 43.2 Å². The third-order valence-corrected chi connectivity index (χ3v) is 5.61. The monoisotopic (exact) mass is 354 g/mol. The SMILES string of the molecule is CCCCNC(=O)CNS(=O)(=O)c1ccc(Br)s1. The van der Waals surface area contributed by atoms with E-state index in [9.17, 15) is 13.2 Å². The number of thiophene rings is 1. The van der Waals surface area contributed by atoms with Crippen LogP contribution in [0.5, 0.6) is 0 Å². The standard InChI is InChI=1S/C10H15BrN2O3S2/c1-2-3-6-12-9(14)7-13-18(15,16)10-5-4-8(11)17-10/h4-5,13H,2-3,6-7H2,1H3,(H,12,14). The molecule has 1 rings (SSSR count). The summed E-state index contributed by atoms with van der Waals surface area (Å²) in [7, 11) is -3.59. The quantitative estimate of drug-likeness (QED) is 0.731. The van der Waals surface area contributed by atoms with Crippen molar-refractivity contribution in [2.24, 2.45) is 0 Å². The predicted octanol–water partition coefficient (Wildman–Crippen LogP) is 1.71. The smallest absolute Gasteiger partial charge is 0.250 e. The maximum absolute atomic E-state index is 11.8. The van der Waals surface area contributed by atoms with Crippen LogP contribution in [-0.4, -0.2) is 27.4 Å². The number of amides is 1. The van der Waals surface area contributed by atoms with Crippen LogP contribution in [0.25, 0.3) is 0 Å². The minimum Gasteiger partial charge on any atom is -0.355 e. The second-order valence-electron chi connectivity index (χ2n) is 3.59. The highest BCUT2D eigenvalue weighted by Gasteiger charge is 2.17. The summed E-state index contributed by atoms with van der Waals surface area (Å²) < 4.78 is 26.7. The summed E-state index contributed by atoms with van der Waals surface area (Å²) in [5.74, 6) is -0.317. The van der Waals surface area contributed by atoms with E-state index < -0.39 is 10.0 Å². The molecule has 0 unspecified atom stereocenters. The molecule has 0 fully saturated rings. The highest BCUT2D eigenvalue weighted by atomic mass is 79.9. The number of rotatable bonds is 7. The number of nitrogens with one attached hydrogen (secondary N) is 2. The lowest BCUT2D eigenvalue weighted by molar-refractivity contribution is -0.119. The fraction of sp³-hybridized carbons (Fsp3) is 0.500. The summed E-state index contributed by atoms with van der Waals surface area (Å²) >= 11 is 4.30. The molecule has 0 saturated heterocycles. The average Bonchev–Trinajstić information content (AvgIpc) is 2.75. The molecule has 0 aromatic carbocycles. The van der Waals surface area contributed by atoms with Gasteiger partial charge in [-0.3, -0.25) is 4.79 Å². The maximum Gasteiger partial charge on any atom is 0.250 e. The van der Waals surface area contributed by atoms with Crippen molar-refractivity contribution in [1.29, 1.82) is 0 Å². The van der Waals surface area contributed by atoms with Gasteiger partial charge in [-0.2, -0.15) is 0 Å². The highest BCUT2D eigenvalue weighted by molar-refractivity contribution is 9.11. The second kappa shape index (κ2) is 7.22. The van der Waals surface area contributed by atoms with Crippen LogP contribution in [0.3, 0.4) is 0 Å². The highest BCUT2D eigenvalue weighted by Crippen LogP contribution is 2.25. The molecular weight excluding hydrogens is 340 g/mol. The number of hydrogen-bond donors (Lipinski definition) is 2. The van der Waals surface area contributed by atoms with Gasteiger partial charge in [-0.15, -0.1) is 11.3 Å². The van der Waals surface area contributed by atoms with Gasteiger partial charge in [0.2, 0.25) is 5.91 Å². The first-order chi connectivity index (χ1) is 8.45. The normalized spacial score (nSPS) is 11.4. The van der Waals surface area contributed by atoms with Gasteiger partial charge in [0.25, 0.3) is 10.0 Å². The fourth-order valence-corrected chi connectivity index (χ4v) is 4.18. The van der Waals surface area contributed by atoms with Gasteiger partial charge in [0, 0.05) is 6.54 Å². The molecule has 18 heavy (non-hydrogen) atoms. The molecule has 8 heteroatoms. The van der Waals surface area contributed by atoms with Crippen LogP contribution in [0.1, 0.15) is 19.8 Å². The molecule has 102 valence electrons. The molecule has 0 aliphatic carbocycles. The van der Waals surface area contributed by atoms with Gasteiger partial charge in [-0.1, -0.05) is 13.3 Å². The van der Waals surface area contributed by atoms with E-state index >= 15 is 0 Å². The second-order valence-corrected chi connectivity index (χ2v) is 8.04. The summed E-state index contributed by atoms with van der Waals surface area (Å²) in [6, 6.07) is 3.15. The number of unbranched alkanes of at least 4 members (excludes halogenated alkanes) is 1. The minimum absolute atomic E-state index is 0.190. The first-order valence-electron chi connectivity index (χ1n) is 5.47. The molecule has 0 atom stereocenters. The van der Waals surface area contributed by atoms with E-state index in [1.54, 1.807) is 6.07 Å². The maximum atomic E-state index is 11.8. The number of carbonyl (C=O) groups is 1. The summed E-state index contributed by atoms with van der Waals surface area (Å²) in [5, 5.41) is 2.64. The summed E-state index contributed by atoms with van der Waals surface area (Å²) in [6.07, 6.45) is 1.87. The molecule has 0 aliphatic rings. The lowest BCUT2D eigenvalue weighted by atomic mass is 10.3. The van der Waals surface area contributed by atoms with Gasteiger partial charge in [-0.05, 0) is 34.5 Å². The Labute approximate surface area is 119 Å². The van der Waals surface area contributed by atoms with Crippen molar-refractivity contribution in [3.8, 4) is 0 Å². The Kier molecular flexibility index (Phi) is 6.27. The molecule has 1 aromatic heterocycles. The Morgan fingerprint density at radius 1 is 1.44 bits per heavy atom. The van der Waals surface area contributed by atoms with E-state index in [0.29, 0.717) is 6.54 Å². The molecule has 5 nitrogen and oxygen atoms in total. The van der Waals surface area contributed by atoms with Crippen LogP contribution in [0.4, 0.5) is 0 Å². The Morgan fingerprint density at radius 2 is 2.17 bits per heavy atom. The third-order valence-electron chi connectivity index (χ3n) is 2.09. The van der Waals surface area contributed by atoms with Gasteiger partial charge < -0.3 is 5.32 Å². The first-order valence-corrected chi connectivity index (χ1v) is 8.56. The lowest BCUT2D eigenvalue weighted by Gasteiger charge is -2.05. The minimum atomic E-state index is -3.59. The number of carbonyl (C=O) groups excluding carboxylic acids is 1. The van der Waals surface area contributed by atoms with Crippen LogP contribution < -0.4 is 10.0 Å². The third kappa shape index (κ3) is 5.05. The molecule has 1 amide bonds. The van der Waals surface area contributed by atoms with Gasteiger partial charge in [-0.25, -0.2) is 13.1 Å². The van der Waals surface area contributed by atoms with Gasteiger partial charge in [0.15, 0.2) is 0 Å². The molecular formula is C10H15BrN2O3S2. The van der Waals surface area contributed by atoms with Crippen LogP contribution in [-0.2, 0) is 14.8 Å². The van der Waals surface area contributed by atoms with Gasteiger partial charge in [0.1, 0.15) is 4.21 Å².